The van der Waals surface area contributed by atoms with Crippen LogP contribution in [0.25, 0.3) is 0 Å². The molecule has 0 spiro atoms. The summed E-state index contributed by atoms with van der Waals surface area (Å²) >= 11 is 6.05. The highest BCUT2D eigenvalue weighted by Crippen LogP contribution is 2.21. The molecule has 0 amide bonds. The molecule has 0 aliphatic rings. The van der Waals surface area contributed by atoms with E-state index in [1.54, 1.807) is 30.7 Å². The number of halogens is 2. The average molecular weight is 294 g/mol. The molecule has 20 heavy (non-hydrogen) atoms. The normalized spacial score (nSPS) is 12.7. The van der Waals surface area contributed by atoms with Crippen molar-refractivity contribution in [3.8, 4) is 0 Å². The molecule has 0 unspecified atom stereocenters. The van der Waals surface area contributed by atoms with Crippen molar-refractivity contribution in [3.63, 3.8) is 0 Å². The zero-order valence-electron chi connectivity index (χ0n) is 11.6. The van der Waals surface area contributed by atoms with Crippen LogP contribution in [-0.2, 0) is 13.0 Å². The molecular weight excluding hydrogens is 277 g/mol. The minimum atomic E-state index is -0.268. The highest BCUT2D eigenvalue weighted by Gasteiger charge is 2.15. The van der Waals surface area contributed by atoms with Crippen LogP contribution in [0, 0.1) is 5.82 Å². The van der Waals surface area contributed by atoms with Crippen molar-refractivity contribution < 1.29 is 4.39 Å². The van der Waals surface area contributed by atoms with Crippen LogP contribution in [0.15, 0.2) is 36.8 Å². The molecule has 0 aliphatic heterocycles. The lowest BCUT2D eigenvalue weighted by Gasteiger charge is -2.25. The summed E-state index contributed by atoms with van der Waals surface area (Å²) in [5.41, 5.74) is 1.45. The molecule has 0 fully saturated rings. The predicted octanol–water partition coefficient (Wildman–Crippen LogP) is 3.33. The second kappa shape index (κ2) is 6.77. The average Bonchev–Trinajstić information content (AvgIpc) is 2.44. The van der Waals surface area contributed by atoms with E-state index < -0.39 is 0 Å². The van der Waals surface area contributed by atoms with Crippen LogP contribution in [0.5, 0.6) is 0 Å². The minimum Gasteiger partial charge on any atom is -0.299 e. The lowest BCUT2D eigenvalue weighted by molar-refractivity contribution is 0.243. The van der Waals surface area contributed by atoms with Crippen molar-refractivity contribution in [2.45, 2.75) is 25.9 Å². The van der Waals surface area contributed by atoms with Gasteiger partial charge >= 0.3 is 0 Å². The molecule has 1 atom stereocenters. The zero-order chi connectivity index (χ0) is 14.5. The van der Waals surface area contributed by atoms with Gasteiger partial charge in [0.1, 0.15) is 5.82 Å². The van der Waals surface area contributed by atoms with E-state index in [-0.39, 0.29) is 11.9 Å². The number of hydrogen-bond acceptors (Lipinski definition) is 3. The smallest absolute Gasteiger partial charge is 0.129 e. The maximum Gasteiger partial charge on any atom is 0.129 e. The van der Waals surface area contributed by atoms with Gasteiger partial charge in [0.15, 0.2) is 0 Å². The number of rotatable bonds is 5. The van der Waals surface area contributed by atoms with Gasteiger partial charge in [-0.15, -0.1) is 0 Å². The van der Waals surface area contributed by atoms with Gasteiger partial charge in [-0.25, -0.2) is 4.39 Å². The Balaban J connectivity index is 2.02. The Labute approximate surface area is 123 Å². The summed E-state index contributed by atoms with van der Waals surface area (Å²) < 4.78 is 13.8. The van der Waals surface area contributed by atoms with Gasteiger partial charge in [0.25, 0.3) is 0 Å². The van der Waals surface area contributed by atoms with Crippen LogP contribution in [0.4, 0.5) is 4.39 Å². The summed E-state index contributed by atoms with van der Waals surface area (Å²) in [7, 11) is 1.95. The standard InChI is InChI=1S/C15H17ClFN3/c1-11(8-12-9-18-6-7-19-12)20(2)10-13-14(16)4-3-5-15(13)17/h3-7,9,11H,8,10H2,1-2H3/t11-/m1/s1. The highest BCUT2D eigenvalue weighted by molar-refractivity contribution is 6.31. The molecule has 3 nitrogen and oxygen atoms in total. The number of hydrogen-bond donors (Lipinski definition) is 0. The number of likely N-dealkylation sites (N-methyl/N-ethyl adjacent to an activating group) is 1. The van der Waals surface area contributed by atoms with E-state index in [1.165, 1.54) is 6.07 Å². The van der Waals surface area contributed by atoms with Crippen molar-refractivity contribution in [2.75, 3.05) is 7.05 Å². The van der Waals surface area contributed by atoms with Crippen molar-refractivity contribution >= 4 is 11.6 Å². The summed E-state index contributed by atoms with van der Waals surface area (Å²) in [6.45, 7) is 2.54. The van der Waals surface area contributed by atoms with E-state index in [9.17, 15) is 4.39 Å². The van der Waals surface area contributed by atoms with Crippen molar-refractivity contribution in [2.24, 2.45) is 0 Å². The molecule has 0 radical (unpaired) electrons. The number of benzene rings is 1. The first kappa shape index (κ1) is 14.9. The fourth-order valence-electron chi connectivity index (χ4n) is 1.98. The molecule has 5 heteroatoms. The molecule has 0 saturated carbocycles. The minimum absolute atomic E-state index is 0.211. The van der Waals surface area contributed by atoms with Gasteiger partial charge in [0.05, 0.1) is 5.69 Å². The fourth-order valence-corrected chi connectivity index (χ4v) is 2.21. The Morgan fingerprint density at radius 3 is 2.80 bits per heavy atom. The summed E-state index contributed by atoms with van der Waals surface area (Å²) in [4.78, 5) is 10.4. The third-order valence-electron chi connectivity index (χ3n) is 3.34. The van der Waals surface area contributed by atoms with Gasteiger partial charge in [-0.3, -0.25) is 14.9 Å². The lowest BCUT2D eigenvalue weighted by Crippen LogP contribution is -2.31. The van der Waals surface area contributed by atoms with Crippen molar-refractivity contribution in [3.05, 3.63) is 58.9 Å². The topological polar surface area (TPSA) is 29.0 Å². The van der Waals surface area contributed by atoms with E-state index in [0.717, 1.165) is 12.1 Å². The summed E-state index contributed by atoms with van der Waals surface area (Å²) in [5.74, 6) is -0.268. The first-order valence-corrected chi connectivity index (χ1v) is 6.83. The molecule has 1 aromatic heterocycles. The van der Waals surface area contributed by atoms with Gasteiger partial charge in [-0.2, -0.15) is 0 Å². The highest BCUT2D eigenvalue weighted by atomic mass is 35.5. The maximum absolute atomic E-state index is 13.8. The number of aromatic nitrogens is 2. The van der Waals surface area contributed by atoms with Gasteiger partial charge in [0, 0.05) is 48.2 Å². The number of nitrogens with zero attached hydrogens (tertiary/aromatic N) is 3. The van der Waals surface area contributed by atoms with Gasteiger partial charge in [0.2, 0.25) is 0 Å². The van der Waals surface area contributed by atoms with Gasteiger partial charge in [-0.1, -0.05) is 17.7 Å². The van der Waals surface area contributed by atoms with E-state index in [0.29, 0.717) is 17.1 Å². The van der Waals surface area contributed by atoms with Crippen LogP contribution in [-0.4, -0.2) is 28.0 Å². The Morgan fingerprint density at radius 1 is 1.35 bits per heavy atom. The molecule has 1 heterocycles. The Hall–Kier alpha value is -1.52. The second-order valence-electron chi connectivity index (χ2n) is 4.87. The van der Waals surface area contributed by atoms with Crippen LogP contribution in [0.2, 0.25) is 5.02 Å². The van der Waals surface area contributed by atoms with E-state index >= 15 is 0 Å². The summed E-state index contributed by atoms with van der Waals surface area (Å²) in [6.07, 6.45) is 5.84. The SMILES string of the molecule is C[C@H](Cc1cnccn1)N(C)Cc1c(F)cccc1Cl. The van der Waals surface area contributed by atoms with Crippen molar-refractivity contribution in [1.82, 2.24) is 14.9 Å². The Morgan fingerprint density at radius 2 is 2.15 bits per heavy atom. The second-order valence-corrected chi connectivity index (χ2v) is 5.27. The monoisotopic (exact) mass is 293 g/mol. The lowest BCUT2D eigenvalue weighted by atomic mass is 10.1. The first-order valence-electron chi connectivity index (χ1n) is 6.46. The van der Waals surface area contributed by atoms with Crippen LogP contribution in [0.1, 0.15) is 18.2 Å². The zero-order valence-corrected chi connectivity index (χ0v) is 12.3. The van der Waals surface area contributed by atoms with Crippen LogP contribution in [0.3, 0.4) is 0 Å². The summed E-state index contributed by atoms with van der Waals surface area (Å²) in [5, 5.41) is 0.462. The molecule has 0 aliphatic carbocycles. The van der Waals surface area contributed by atoms with E-state index in [4.69, 9.17) is 11.6 Å². The Bertz CT molecular complexity index is 542. The van der Waals surface area contributed by atoms with Gasteiger partial charge < -0.3 is 0 Å². The van der Waals surface area contributed by atoms with E-state index in [2.05, 4.69) is 21.8 Å². The van der Waals surface area contributed by atoms with Crippen LogP contribution < -0.4 is 0 Å². The molecule has 0 saturated heterocycles. The predicted molar refractivity (Wildman–Crippen MR) is 78.1 cm³/mol. The molecule has 0 N–H and O–H groups in total. The van der Waals surface area contributed by atoms with Crippen molar-refractivity contribution in [1.29, 1.82) is 0 Å². The summed E-state index contributed by atoms with van der Waals surface area (Å²) in [6, 6.07) is 4.97. The molecule has 2 aromatic rings. The Kier molecular flexibility index (Phi) is 5.04. The molecule has 106 valence electrons. The third kappa shape index (κ3) is 3.74. The molecule has 2 rings (SSSR count). The third-order valence-corrected chi connectivity index (χ3v) is 3.70. The largest absolute Gasteiger partial charge is 0.299 e. The first-order chi connectivity index (χ1) is 9.58. The maximum atomic E-state index is 13.8. The molecule has 1 aromatic carbocycles. The fraction of sp³-hybridized carbons (Fsp3) is 0.333. The molecule has 0 bridgehead atoms. The van der Waals surface area contributed by atoms with E-state index in [1.807, 2.05) is 7.05 Å². The van der Waals surface area contributed by atoms with Gasteiger partial charge in [-0.05, 0) is 26.1 Å². The molecular formula is C15H17ClFN3. The quantitative estimate of drug-likeness (QED) is 0.847. The van der Waals surface area contributed by atoms with Crippen LogP contribution >= 0.6 is 11.6 Å².